The molecule has 0 spiro atoms. The third-order valence-electron chi connectivity index (χ3n) is 4.95. The predicted molar refractivity (Wildman–Crippen MR) is 105 cm³/mol. The first-order valence-corrected chi connectivity index (χ1v) is 10.2. The molecule has 2 aromatic rings. The second-order valence-electron chi connectivity index (χ2n) is 7.27. The normalized spacial score (nSPS) is 14.4. The molecule has 3 rings (SSSR count). The van der Waals surface area contributed by atoms with E-state index in [9.17, 15) is 14.4 Å². The third kappa shape index (κ3) is 5.10. The standard InChI is InChI=1S/C21H24N2O3S/c1-13-6-7-15(18(8-13)21(26)14-4-2-3-5-14)9-17(24)11-20-23-16(12-27-20)10-19(22)25/h6-8,12,14H,2-5,9-11H2,1H3,(H2,22,25). The topological polar surface area (TPSA) is 90.1 Å². The Hall–Kier alpha value is -2.34. The van der Waals surface area contributed by atoms with Gasteiger partial charge in [0.25, 0.3) is 0 Å². The molecule has 0 bridgehead atoms. The fraction of sp³-hybridized carbons (Fsp3) is 0.429. The van der Waals surface area contributed by atoms with Gasteiger partial charge >= 0.3 is 0 Å². The van der Waals surface area contributed by atoms with Gasteiger partial charge < -0.3 is 5.73 Å². The van der Waals surface area contributed by atoms with Gasteiger partial charge in [-0.15, -0.1) is 11.3 Å². The molecule has 1 aliphatic rings. The Morgan fingerprint density at radius 3 is 2.59 bits per heavy atom. The van der Waals surface area contributed by atoms with Gasteiger partial charge in [0.15, 0.2) is 5.78 Å². The number of carbonyl (C=O) groups is 3. The maximum Gasteiger partial charge on any atom is 0.223 e. The summed E-state index contributed by atoms with van der Waals surface area (Å²) in [5.41, 5.74) is 8.30. The highest BCUT2D eigenvalue weighted by Gasteiger charge is 2.26. The number of hydrogen-bond acceptors (Lipinski definition) is 5. The zero-order valence-electron chi connectivity index (χ0n) is 15.5. The van der Waals surface area contributed by atoms with Crippen molar-refractivity contribution >= 4 is 28.8 Å². The number of aromatic nitrogens is 1. The molecule has 0 aliphatic heterocycles. The van der Waals surface area contributed by atoms with Crippen LogP contribution in [0.25, 0.3) is 0 Å². The molecular weight excluding hydrogens is 360 g/mol. The fourth-order valence-electron chi connectivity index (χ4n) is 3.62. The summed E-state index contributed by atoms with van der Waals surface area (Å²) in [7, 11) is 0. The van der Waals surface area contributed by atoms with Crippen molar-refractivity contribution in [2.24, 2.45) is 11.7 Å². The molecule has 2 N–H and O–H groups in total. The Labute approximate surface area is 163 Å². The Morgan fingerprint density at radius 1 is 1.15 bits per heavy atom. The number of primary amides is 1. The van der Waals surface area contributed by atoms with Crippen LogP contribution in [0.3, 0.4) is 0 Å². The number of thiazole rings is 1. The largest absolute Gasteiger partial charge is 0.369 e. The molecule has 1 heterocycles. The van der Waals surface area contributed by atoms with Crippen LogP contribution < -0.4 is 5.73 Å². The lowest BCUT2D eigenvalue weighted by atomic mass is 9.90. The van der Waals surface area contributed by atoms with Crippen LogP contribution in [0.2, 0.25) is 0 Å². The van der Waals surface area contributed by atoms with Gasteiger partial charge in [0.1, 0.15) is 10.8 Å². The fourth-order valence-corrected chi connectivity index (χ4v) is 4.44. The number of nitrogens with two attached hydrogens (primary N) is 1. The van der Waals surface area contributed by atoms with Crippen molar-refractivity contribution in [3.8, 4) is 0 Å². The molecule has 1 aromatic heterocycles. The second kappa shape index (κ2) is 8.57. The van der Waals surface area contributed by atoms with E-state index in [1.54, 1.807) is 5.38 Å². The van der Waals surface area contributed by atoms with Crippen molar-refractivity contribution in [1.29, 1.82) is 0 Å². The molecule has 0 unspecified atom stereocenters. The number of Topliss-reactive ketones (excluding diaryl/α,β-unsaturated/α-hetero) is 2. The lowest BCUT2D eigenvalue weighted by Gasteiger charge is -2.13. The lowest BCUT2D eigenvalue weighted by molar-refractivity contribution is -0.118. The van der Waals surface area contributed by atoms with Crippen LogP contribution in [0, 0.1) is 12.8 Å². The van der Waals surface area contributed by atoms with E-state index < -0.39 is 5.91 Å². The number of rotatable bonds is 8. The van der Waals surface area contributed by atoms with Gasteiger partial charge in [-0.3, -0.25) is 14.4 Å². The van der Waals surface area contributed by atoms with E-state index in [4.69, 9.17) is 5.73 Å². The van der Waals surface area contributed by atoms with Crippen molar-refractivity contribution in [3.63, 3.8) is 0 Å². The zero-order chi connectivity index (χ0) is 19.4. The monoisotopic (exact) mass is 384 g/mol. The molecule has 1 fully saturated rings. The average Bonchev–Trinajstić information content (AvgIpc) is 3.27. The van der Waals surface area contributed by atoms with Crippen molar-refractivity contribution in [1.82, 2.24) is 4.98 Å². The van der Waals surface area contributed by atoms with Crippen molar-refractivity contribution in [2.75, 3.05) is 0 Å². The van der Waals surface area contributed by atoms with Crippen molar-refractivity contribution in [3.05, 3.63) is 51.0 Å². The zero-order valence-corrected chi connectivity index (χ0v) is 16.3. The van der Waals surface area contributed by atoms with Crippen LogP contribution in [-0.4, -0.2) is 22.5 Å². The molecule has 0 atom stereocenters. The summed E-state index contributed by atoms with van der Waals surface area (Å²) in [6.45, 7) is 1.97. The minimum atomic E-state index is -0.437. The first-order valence-electron chi connectivity index (χ1n) is 9.29. The minimum Gasteiger partial charge on any atom is -0.369 e. The second-order valence-corrected chi connectivity index (χ2v) is 8.22. The Bertz CT molecular complexity index is 866. The first-order chi connectivity index (χ1) is 12.9. The third-order valence-corrected chi connectivity index (χ3v) is 5.85. The molecule has 1 aromatic carbocycles. The summed E-state index contributed by atoms with van der Waals surface area (Å²) < 4.78 is 0. The molecule has 142 valence electrons. The van der Waals surface area contributed by atoms with E-state index in [-0.39, 0.29) is 36.7 Å². The molecule has 0 saturated heterocycles. The van der Waals surface area contributed by atoms with Gasteiger partial charge in [-0.2, -0.15) is 0 Å². The van der Waals surface area contributed by atoms with Crippen molar-refractivity contribution < 1.29 is 14.4 Å². The summed E-state index contributed by atoms with van der Waals surface area (Å²) in [5, 5.41) is 2.43. The van der Waals surface area contributed by atoms with Crippen molar-refractivity contribution in [2.45, 2.75) is 51.9 Å². The quantitative estimate of drug-likeness (QED) is 0.708. The predicted octanol–water partition coefficient (Wildman–Crippen LogP) is 3.21. The maximum absolute atomic E-state index is 12.9. The van der Waals surface area contributed by atoms with E-state index in [1.807, 2.05) is 25.1 Å². The number of aryl methyl sites for hydroxylation is 1. The molecular formula is C21H24N2O3S. The van der Waals surface area contributed by atoms with Gasteiger partial charge in [0, 0.05) is 23.3 Å². The minimum absolute atomic E-state index is 0.0132. The number of ketones is 2. The van der Waals surface area contributed by atoms with Gasteiger partial charge in [0.05, 0.1) is 18.5 Å². The summed E-state index contributed by atoms with van der Waals surface area (Å²) in [4.78, 5) is 40.7. The van der Waals surface area contributed by atoms with E-state index >= 15 is 0 Å². The number of nitrogens with zero attached hydrogens (tertiary/aromatic N) is 1. The molecule has 1 saturated carbocycles. The highest BCUT2D eigenvalue weighted by Crippen LogP contribution is 2.29. The van der Waals surface area contributed by atoms with E-state index in [1.165, 1.54) is 11.3 Å². The van der Waals surface area contributed by atoms with Gasteiger partial charge in [-0.25, -0.2) is 4.98 Å². The summed E-state index contributed by atoms with van der Waals surface area (Å²) in [5.74, 6) is -0.153. The Morgan fingerprint density at radius 2 is 1.89 bits per heavy atom. The molecule has 1 amide bonds. The molecule has 0 radical (unpaired) electrons. The molecule has 5 nitrogen and oxygen atoms in total. The lowest BCUT2D eigenvalue weighted by Crippen LogP contribution is -2.16. The Kier molecular flexibility index (Phi) is 6.16. The highest BCUT2D eigenvalue weighted by molar-refractivity contribution is 7.09. The summed E-state index contributed by atoms with van der Waals surface area (Å²) >= 11 is 1.36. The smallest absolute Gasteiger partial charge is 0.223 e. The summed E-state index contributed by atoms with van der Waals surface area (Å²) in [6.07, 6.45) is 4.61. The number of amides is 1. The molecule has 1 aliphatic carbocycles. The Balaban J connectivity index is 1.71. The van der Waals surface area contributed by atoms with E-state index in [2.05, 4.69) is 4.98 Å². The average molecular weight is 385 g/mol. The van der Waals surface area contributed by atoms with Crippen LogP contribution in [0.1, 0.15) is 57.9 Å². The van der Waals surface area contributed by atoms with E-state index in [0.717, 1.165) is 36.8 Å². The van der Waals surface area contributed by atoms with Crippen LogP contribution in [-0.2, 0) is 28.9 Å². The number of hydrogen-bond donors (Lipinski definition) is 1. The van der Waals surface area contributed by atoms with Crippen LogP contribution in [0.4, 0.5) is 0 Å². The van der Waals surface area contributed by atoms with Crippen LogP contribution in [0.15, 0.2) is 23.6 Å². The summed E-state index contributed by atoms with van der Waals surface area (Å²) in [6, 6.07) is 5.76. The van der Waals surface area contributed by atoms with E-state index in [0.29, 0.717) is 16.3 Å². The SMILES string of the molecule is Cc1ccc(CC(=O)Cc2nc(CC(N)=O)cs2)c(C(=O)C2CCCC2)c1. The highest BCUT2D eigenvalue weighted by atomic mass is 32.1. The van der Waals surface area contributed by atoms with Crippen LogP contribution in [0.5, 0.6) is 0 Å². The first kappa shape index (κ1) is 19.4. The maximum atomic E-state index is 12.9. The van der Waals surface area contributed by atoms with Gasteiger partial charge in [0.2, 0.25) is 5.91 Å². The molecule has 27 heavy (non-hydrogen) atoms. The number of carbonyl (C=O) groups excluding carboxylic acids is 3. The van der Waals surface area contributed by atoms with Crippen LogP contribution >= 0.6 is 11.3 Å². The van der Waals surface area contributed by atoms with Gasteiger partial charge in [-0.05, 0) is 31.4 Å². The molecule has 6 heteroatoms. The van der Waals surface area contributed by atoms with Gasteiger partial charge in [-0.1, -0.05) is 30.5 Å². The number of benzene rings is 1.